The van der Waals surface area contributed by atoms with Gasteiger partial charge in [-0.15, -0.1) is 0 Å². The molecule has 0 aliphatic carbocycles. The van der Waals surface area contributed by atoms with Crippen molar-refractivity contribution in [2.75, 3.05) is 5.75 Å². The Morgan fingerprint density at radius 1 is 1.25 bits per heavy atom. The van der Waals surface area contributed by atoms with Gasteiger partial charge in [0.2, 0.25) is 10.0 Å². The molecule has 1 atom stereocenters. The molecule has 0 aliphatic rings. The van der Waals surface area contributed by atoms with Crippen LogP contribution in [0.15, 0.2) is 24.3 Å². The molecule has 114 valence electrons. The number of hydrogen-bond acceptors (Lipinski definition) is 2. The van der Waals surface area contributed by atoms with E-state index < -0.39 is 10.0 Å². The number of sulfonamides is 1. The van der Waals surface area contributed by atoms with Crippen LogP contribution in [-0.2, 0) is 10.0 Å². The van der Waals surface area contributed by atoms with Crippen molar-refractivity contribution in [2.24, 2.45) is 5.41 Å². The monoisotopic (exact) mass is 317 g/mol. The molecule has 0 saturated heterocycles. The van der Waals surface area contributed by atoms with Crippen LogP contribution in [0.5, 0.6) is 0 Å². The van der Waals surface area contributed by atoms with E-state index in [-0.39, 0.29) is 17.2 Å². The number of nitrogens with one attached hydrogen (secondary N) is 1. The summed E-state index contributed by atoms with van der Waals surface area (Å²) in [4.78, 5) is 0. The topological polar surface area (TPSA) is 46.2 Å². The molecule has 1 aromatic carbocycles. The van der Waals surface area contributed by atoms with E-state index in [4.69, 9.17) is 11.6 Å². The van der Waals surface area contributed by atoms with Gasteiger partial charge >= 0.3 is 0 Å². The summed E-state index contributed by atoms with van der Waals surface area (Å²) in [7, 11) is -3.28. The highest BCUT2D eigenvalue weighted by Gasteiger charge is 2.18. The van der Waals surface area contributed by atoms with Gasteiger partial charge in [0, 0.05) is 11.1 Å². The van der Waals surface area contributed by atoms with Crippen LogP contribution in [-0.4, -0.2) is 14.2 Å². The van der Waals surface area contributed by atoms with E-state index in [1.165, 1.54) is 0 Å². The lowest BCUT2D eigenvalue weighted by Gasteiger charge is -2.19. The van der Waals surface area contributed by atoms with E-state index >= 15 is 0 Å². The number of halogens is 1. The summed E-state index contributed by atoms with van der Waals surface area (Å²) in [5.41, 5.74) is 0.956. The molecule has 1 aromatic rings. The first kappa shape index (κ1) is 17.5. The largest absolute Gasteiger partial charge is 0.212 e. The summed E-state index contributed by atoms with van der Waals surface area (Å²) in [6.45, 7) is 8.14. The Labute approximate surface area is 127 Å². The van der Waals surface area contributed by atoms with Gasteiger partial charge in [-0.3, -0.25) is 0 Å². The molecule has 0 heterocycles. The van der Waals surface area contributed by atoms with E-state index in [1.807, 2.05) is 25.1 Å². The first-order valence-electron chi connectivity index (χ1n) is 6.85. The number of benzene rings is 1. The summed E-state index contributed by atoms with van der Waals surface area (Å²) >= 11 is 6.08. The second kappa shape index (κ2) is 6.92. The van der Waals surface area contributed by atoms with Crippen LogP contribution in [0, 0.1) is 5.41 Å². The van der Waals surface area contributed by atoms with Gasteiger partial charge < -0.3 is 0 Å². The zero-order valence-electron chi connectivity index (χ0n) is 12.6. The average molecular weight is 318 g/mol. The van der Waals surface area contributed by atoms with E-state index in [1.54, 1.807) is 6.07 Å². The molecule has 0 radical (unpaired) electrons. The van der Waals surface area contributed by atoms with Gasteiger partial charge in [-0.2, -0.15) is 0 Å². The third kappa shape index (κ3) is 6.25. The molecule has 0 spiro atoms. The van der Waals surface area contributed by atoms with Crippen molar-refractivity contribution in [1.82, 2.24) is 4.72 Å². The Bertz CT molecular complexity index is 535. The normalized spacial score (nSPS) is 14.2. The third-order valence-corrected chi connectivity index (χ3v) is 4.95. The minimum absolute atomic E-state index is 0.152. The molecule has 1 N–H and O–H groups in total. The van der Waals surface area contributed by atoms with E-state index in [0.29, 0.717) is 11.4 Å². The van der Waals surface area contributed by atoms with Crippen LogP contribution in [0.2, 0.25) is 5.02 Å². The minimum Gasteiger partial charge on any atom is -0.212 e. The molecule has 5 heteroatoms. The van der Waals surface area contributed by atoms with Crippen molar-refractivity contribution in [3.05, 3.63) is 34.9 Å². The second-order valence-electron chi connectivity index (χ2n) is 6.34. The zero-order chi connectivity index (χ0) is 15.4. The van der Waals surface area contributed by atoms with Gasteiger partial charge in [-0.25, -0.2) is 13.1 Å². The van der Waals surface area contributed by atoms with Crippen molar-refractivity contribution < 1.29 is 8.42 Å². The van der Waals surface area contributed by atoms with Crippen LogP contribution < -0.4 is 4.72 Å². The lowest BCUT2D eigenvalue weighted by molar-refractivity contribution is 0.373. The molecular weight excluding hydrogens is 294 g/mol. The predicted octanol–water partition coefficient (Wildman–Crippen LogP) is 4.15. The summed E-state index contributed by atoms with van der Waals surface area (Å²) in [5.74, 6) is 0.152. The molecule has 0 unspecified atom stereocenters. The summed E-state index contributed by atoms with van der Waals surface area (Å²) in [6.07, 6.45) is 1.54. The molecule has 0 aromatic heterocycles. The van der Waals surface area contributed by atoms with Crippen molar-refractivity contribution in [2.45, 2.75) is 46.6 Å². The SMILES string of the molecule is C[C@@H](NS(=O)(=O)CCCC(C)(C)C)c1ccccc1Cl. The fourth-order valence-corrected chi connectivity index (χ4v) is 3.62. The van der Waals surface area contributed by atoms with Crippen LogP contribution in [0.1, 0.15) is 52.1 Å². The van der Waals surface area contributed by atoms with Crippen molar-refractivity contribution >= 4 is 21.6 Å². The predicted molar refractivity (Wildman–Crippen MR) is 85.5 cm³/mol. The Hall–Kier alpha value is -0.580. The molecule has 0 bridgehead atoms. The fraction of sp³-hybridized carbons (Fsp3) is 0.600. The van der Waals surface area contributed by atoms with Gasteiger partial charge in [0.25, 0.3) is 0 Å². The van der Waals surface area contributed by atoms with Crippen molar-refractivity contribution in [3.63, 3.8) is 0 Å². The van der Waals surface area contributed by atoms with Gasteiger partial charge in [-0.1, -0.05) is 50.6 Å². The van der Waals surface area contributed by atoms with Crippen LogP contribution in [0.4, 0.5) is 0 Å². The summed E-state index contributed by atoms with van der Waals surface area (Å²) in [5, 5.41) is 0.581. The highest BCUT2D eigenvalue weighted by molar-refractivity contribution is 7.89. The van der Waals surface area contributed by atoms with Gasteiger partial charge in [-0.05, 0) is 36.8 Å². The Balaban J connectivity index is 2.60. The molecule has 1 rings (SSSR count). The molecule has 3 nitrogen and oxygen atoms in total. The van der Waals surface area contributed by atoms with Crippen LogP contribution in [0.3, 0.4) is 0 Å². The molecule has 0 amide bonds. The van der Waals surface area contributed by atoms with Crippen LogP contribution >= 0.6 is 11.6 Å². The smallest absolute Gasteiger partial charge is 0.212 e. The summed E-state index contributed by atoms with van der Waals surface area (Å²) < 4.78 is 26.8. The highest BCUT2D eigenvalue weighted by Crippen LogP contribution is 2.24. The van der Waals surface area contributed by atoms with Crippen LogP contribution in [0.25, 0.3) is 0 Å². The average Bonchev–Trinajstić information content (AvgIpc) is 2.26. The highest BCUT2D eigenvalue weighted by atomic mass is 35.5. The van der Waals surface area contributed by atoms with Gasteiger partial charge in [0.1, 0.15) is 0 Å². The van der Waals surface area contributed by atoms with Crippen molar-refractivity contribution in [1.29, 1.82) is 0 Å². The standard InChI is InChI=1S/C15H24ClNO2S/c1-12(13-8-5-6-9-14(13)16)17-20(18,19)11-7-10-15(2,3)4/h5-6,8-9,12,17H,7,10-11H2,1-4H3/t12-/m1/s1. The minimum atomic E-state index is -3.28. The molecule has 20 heavy (non-hydrogen) atoms. The second-order valence-corrected chi connectivity index (χ2v) is 8.62. The number of rotatable bonds is 6. The van der Waals surface area contributed by atoms with Gasteiger partial charge in [0.05, 0.1) is 5.75 Å². The fourth-order valence-electron chi connectivity index (χ4n) is 2.01. The lowest BCUT2D eigenvalue weighted by atomic mass is 9.91. The Morgan fingerprint density at radius 3 is 2.40 bits per heavy atom. The van der Waals surface area contributed by atoms with E-state index in [9.17, 15) is 8.42 Å². The molecule has 0 saturated carbocycles. The molecule has 0 fully saturated rings. The number of hydrogen-bond donors (Lipinski definition) is 1. The maximum atomic E-state index is 12.1. The third-order valence-electron chi connectivity index (χ3n) is 3.07. The first-order chi connectivity index (χ1) is 9.11. The van der Waals surface area contributed by atoms with Gasteiger partial charge in [0.15, 0.2) is 0 Å². The maximum absolute atomic E-state index is 12.1. The van der Waals surface area contributed by atoms with Crippen molar-refractivity contribution in [3.8, 4) is 0 Å². The quantitative estimate of drug-likeness (QED) is 0.856. The first-order valence-corrected chi connectivity index (χ1v) is 8.88. The maximum Gasteiger partial charge on any atom is 0.212 e. The molecule has 0 aliphatic heterocycles. The Kier molecular flexibility index (Phi) is 6.05. The summed E-state index contributed by atoms with van der Waals surface area (Å²) in [6, 6.07) is 6.97. The zero-order valence-corrected chi connectivity index (χ0v) is 14.2. The van der Waals surface area contributed by atoms with E-state index in [2.05, 4.69) is 25.5 Å². The molecular formula is C15H24ClNO2S. The van der Waals surface area contributed by atoms with E-state index in [0.717, 1.165) is 12.0 Å². The Morgan fingerprint density at radius 2 is 1.85 bits per heavy atom. The lowest BCUT2D eigenvalue weighted by Crippen LogP contribution is -2.29.